The lowest BCUT2D eigenvalue weighted by Crippen LogP contribution is -2.29. The highest BCUT2D eigenvalue weighted by atomic mass is 35.5. The van der Waals surface area contributed by atoms with E-state index in [0.717, 1.165) is 12.8 Å². The van der Waals surface area contributed by atoms with Gasteiger partial charge in [-0.15, -0.1) is 0 Å². The Morgan fingerprint density at radius 1 is 1.63 bits per heavy atom. The van der Waals surface area contributed by atoms with Crippen LogP contribution in [0.25, 0.3) is 0 Å². The molecule has 19 heavy (non-hydrogen) atoms. The molecule has 1 aromatic heterocycles. The monoisotopic (exact) mass is 304 g/mol. The molecular weight excluding hydrogens is 288 g/mol. The number of halogens is 1. The Morgan fingerprint density at radius 2 is 2.37 bits per heavy atom. The summed E-state index contributed by atoms with van der Waals surface area (Å²) < 4.78 is 26.3. The first-order valence-electron chi connectivity index (χ1n) is 6.11. The fraction of sp³-hybridized carbons (Fsp3) is 0.545. The number of nitrogens with two attached hydrogens (primary N) is 1. The highest BCUT2D eigenvalue weighted by Gasteiger charge is 2.32. The average molecular weight is 305 g/mol. The Balaban J connectivity index is 2.27. The van der Waals surface area contributed by atoms with E-state index in [1.165, 1.54) is 16.6 Å². The number of anilines is 1. The minimum atomic E-state index is -3.51. The van der Waals surface area contributed by atoms with Gasteiger partial charge < -0.3 is 5.43 Å². The molecule has 0 amide bonds. The fourth-order valence-corrected chi connectivity index (χ4v) is 3.95. The van der Waals surface area contributed by atoms with Crippen LogP contribution in [0.3, 0.4) is 0 Å². The molecule has 1 saturated heterocycles. The molecule has 1 unspecified atom stereocenters. The Hall–Kier alpha value is -0.890. The van der Waals surface area contributed by atoms with Gasteiger partial charge in [0.25, 0.3) is 0 Å². The molecule has 1 atom stereocenters. The third kappa shape index (κ3) is 2.84. The van der Waals surface area contributed by atoms with Crippen molar-refractivity contribution < 1.29 is 8.42 Å². The molecule has 8 heteroatoms. The molecule has 106 valence electrons. The van der Waals surface area contributed by atoms with E-state index in [4.69, 9.17) is 17.4 Å². The van der Waals surface area contributed by atoms with Crippen molar-refractivity contribution in [1.29, 1.82) is 0 Å². The van der Waals surface area contributed by atoms with E-state index in [-0.39, 0.29) is 15.7 Å². The smallest absolute Gasteiger partial charge is 0.244 e. The zero-order valence-corrected chi connectivity index (χ0v) is 12.2. The number of nitrogen functional groups attached to an aromatic ring is 1. The normalized spacial score (nSPS) is 20.7. The first-order chi connectivity index (χ1) is 8.98. The molecule has 0 bridgehead atoms. The van der Waals surface area contributed by atoms with E-state index < -0.39 is 10.0 Å². The molecule has 0 spiro atoms. The average Bonchev–Trinajstić information content (AvgIpc) is 2.88. The molecule has 3 N–H and O–H groups in total. The maximum absolute atomic E-state index is 12.4. The summed E-state index contributed by atoms with van der Waals surface area (Å²) in [7, 11) is -3.51. The molecular formula is C11H17ClN4O2S. The fourth-order valence-electron chi connectivity index (χ4n) is 2.17. The zero-order valence-electron chi connectivity index (χ0n) is 10.6. The predicted octanol–water partition coefficient (Wildman–Crippen LogP) is 1.44. The molecule has 2 heterocycles. The number of hydrogen-bond acceptors (Lipinski definition) is 5. The summed E-state index contributed by atoms with van der Waals surface area (Å²) in [4.78, 5) is 4.00. The van der Waals surface area contributed by atoms with Gasteiger partial charge in [-0.25, -0.2) is 19.2 Å². The van der Waals surface area contributed by atoms with Crippen molar-refractivity contribution in [2.45, 2.75) is 24.7 Å². The molecule has 1 aromatic rings. The number of pyridine rings is 1. The predicted molar refractivity (Wildman–Crippen MR) is 74.2 cm³/mol. The van der Waals surface area contributed by atoms with Crippen LogP contribution in [0.15, 0.2) is 17.2 Å². The molecule has 1 fully saturated rings. The van der Waals surface area contributed by atoms with E-state index in [1.807, 2.05) is 0 Å². The Kier molecular flexibility index (Phi) is 4.29. The van der Waals surface area contributed by atoms with E-state index in [9.17, 15) is 8.42 Å². The first-order valence-corrected chi connectivity index (χ1v) is 7.93. The summed E-state index contributed by atoms with van der Waals surface area (Å²) in [6.07, 6.45) is 3.16. The van der Waals surface area contributed by atoms with Gasteiger partial charge in [-0.3, -0.25) is 0 Å². The summed E-state index contributed by atoms with van der Waals surface area (Å²) in [6, 6.07) is 1.37. The Bertz CT molecular complexity index is 564. The molecule has 0 saturated carbocycles. The van der Waals surface area contributed by atoms with Crippen molar-refractivity contribution in [3.63, 3.8) is 0 Å². The van der Waals surface area contributed by atoms with Crippen LogP contribution in [-0.2, 0) is 10.0 Å². The van der Waals surface area contributed by atoms with Crippen LogP contribution in [0.2, 0.25) is 5.02 Å². The zero-order chi connectivity index (χ0) is 14.0. The quantitative estimate of drug-likeness (QED) is 0.649. The van der Waals surface area contributed by atoms with Crippen LogP contribution < -0.4 is 11.3 Å². The van der Waals surface area contributed by atoms with Crippen molar-refractivity contribution >= 4 is 27.4 Å². The number of nitrogens with zero attached hydrogens (tertiary/aromatic N) is 2. The molecule has 1 aliphatic rings. The highest BCUT2D eigenvalue weighted by Crippen LogP contribution is 2.28. The van der Waals surface area contributed by atoms with Crippen LogP contribution in [0.4, 0.5) is 5.82 Å². The van der Waals surface area contributed by atoms with Crippen LogP contribution in [0.1, 0.15) is 19.8 Å². The lowest BCUT2D eigenvalue weighted by atomic mass is 10.1. The van der Waals surface area contributed by atoms with Gasteiger partial charge in [0.15, 0.2) is 5.82 Å². The van der Waals surface area contributed by atoms with Gasteiger partial charge in [0.2, 0.25) is 10.0 Å². The van der Waals surface area contributed by atoms with Crippen molar-refractivity contribution in [2.24, 2.45) is 11.8 Å². The third-order valence-electron chi connectivity index (χ3n) is 3.42. The Labute approximate surface area is 118 Å². The van der Waals surface area contributed by atoms with E-state index in [2.05, 4.69) is 17.3 Å². The molecule has 0 aliphatic carbocycles. The summed E-state index contributed by atoms with van der Waals surface area (Å²) >= 11 is 5.91. The minimum absolute atomic E-state index is 0.105. The number of aromatic nitrogens is 1. The number of nitrogens with one attached hydrogen (secondary N) is 1. The van der Waals surface area contributed by atoms with Gasteiger partial charge in [-0.2, -0.15) is 4.31 Å². The molecule has 6 nitrogen and oxygen atoms in total. The SMILES string of the molecule is CCC1CCN(S(=O)(=O)c2cnc(NN)c(Cl)c2)C1. The summed E-state index contributed by atoms with van der Waals surface area (Å²) in [5, 5.41) is 0.190. The van der Waals surface area contributed by atoms with Crippen LogP contribution in [-0.4, -0.2) is 30.8 Å². The second-order valence-electron chi connectivity index (χ2n) is 4.57. The van der Waals surface area contributed by atoms with Crippen molar-refractivity contribution in [3.8, 4) is 0 Å². The summed E-state index contributed by atoms with van der Waals surface area (Å²) in [5.74, 6) is 5.90. The molecule has 1 aliphatic heterocycles. The molecule has 0 aromatic carbocycles. The van der Waals surface area contributed by atoms with Crippen molar-refractivity contribution in [2.75, 3.05) is 18.5 Å². The second-order valence-corrected chi connectivity index (χ2v) is 6.92. The lowest BCUT2D eigenvalue weighted by molar-refractivity contribution is 0.453. The Morgan fingerprint density at radius 3 is 2.89 bits per heavy atom. The topological polar surface area (TPSA) is 88.3 Å². The number of rotatable bonds is 4. The molecule has 0 radical (unpaired) electrons. The number of hydrazine groups is 1. The van der Waals surface area contributed by atoms with Crippen molar-refractivity contribution in [1.82, 2.24) is 9.29 Å². The van der Waals surface area contributed by atoms with Gasteiger partial charge in [-0.1, -0.05) is 24.9 Å². The van der Waals surface area contributed by atoms with Crippen LogP contribution in [0, 0.1) is 5.92 Å². The van der Waals surface area contributed by atoms with Gasteiger partial charge in [0.1, 0.15) is 4.90 Å². The van der Waals surface area contributed by atoms with E-state index >= 15 is 0 Å². The van der Waals surface area contributed by atoms with Gasteiger partial charge >= 0.3 is 0 Å². The van der Waals surface area contributed by atoms with E-state index in [0.29, 0.717) is 19.0 Å². The maximum Gasteiger partial charge on any atom is 0.244 e. The van der Waals surface area contributed by atoms with Crippen LogP contribution >= 0.6 is 11.6 Å². The number of hydrogen-bond donors (Lipinski definition) is 2. The third-order valence-corrected chi connectivity index (χ3v) is 5.54. The lowest BCUT2D eigenvalue weighted by Gasteiger charge is -2.16. The van der Waals surface area contributed by atoms with Gasteiger partial charge in [-0.05, 0) is 18.4 Å². The van der Waals surface area contributed by atoms with Crippen molar-refractivity contribution in [3.05, 3.63) is 17.3 Å². The summed E-state index contributed by atoms with van der Waals surface area (Å²) in [5.41, 5.74) is 2.31. The second kappa shape index (κ2) is 5.62. The summed E-state index contributed by atoms with van der Waals surface area (Å²) in [6.45, 7) is 3.18. The maximum atomic E-state index is 12.4. The first kappa shape index (κ1) is 14.5. The largest absolute Gasteiger partial charge is 0.307 e. The number of sulfonamides is 1. The molecule has 2 rings (SSSR count). The minimum Gasteiger partial charge on any atom is -0.307 e. The van der Waals surface area contributed by atoms with Gasteiger partial charge in [0.05, 0.1) is 5.02 Å². The van der Waals surface area contributed by atoms with Crippen LogP contribution in [0.5, 0.6) is 0 Å². The van der Waals surface area contributed by atoms with Gasteiger partial charge in [0, 0.05) is 19.3 Å². The standard InChI is InChI=1S/C11H17ClN4O2S/c1-2-8-3-4-16(7-8)19(17,18)9-5-10(12)11(15-13)14-6-9/h5-6,8H,2-4,7,13H2,1H3,(H,14,15). The van der Waals surface area contributed by atoms with E-state index in [1.54, 1.807) is 0 Å². The highest BCUT2D eigenvalue weighted by molar-refractivity contribution is 7.89.